The van der Waals surface area contributed by atoms with Crippen molar-refractivity contribution in [1.29, 1.82) is 0 Å². The summed E-state index contributed by atoms with van der Waals surface area (Å²) in [6.07, 6.45) is 2.23. The van der Waals surface area contributed by atoms with Crippen LogP contribution in [-0.2, 0) is 17.8 Å². The van der Waals surface area contributed by atoms with Crippen LogP contribution in [-0.4, -0.2) is 24.9 Å². The maximum Gasteiger partial charge on any atom is 0.226 e. The number of rotatable bonds is 4. The Morgan fingerprint density at radius 2 is 2.19 bits per heavy atom. The zero-order valence-electron chi connectivity index (χ0n) is 11.8. The van der Waals surface area contributed by atoms with E-state index in [-0.39, 0.29) is 5.91 Å². The number of nitrogens with zero attached hydrogens (tertiary/aromatic N) is 4. The van der Waals surface area contributed by atoms with E-state index < -0.39 is 0 Å². The van der Waals surface area contributed by atoms with E-state index in [2.05, 4.69) is 19.9 Å². The lowest BCUT2D eigenvalue weighted by Gasteiger charge is -2.05. The first-order valence-electron chi connectivity index (χ1n) is 6.62. The largest absolute Gasteiger partial charge is 0.351 e. The van der Waals surface area contributed by atoms with Gasteiger partial charge in [0.25, 0.3) is 0 Å². The van der Waals surface area contributed by atoms with E-state index in [0.29, 0.717) is 13.0 Å². The van der Waals surface area contributed by atoms with Crippen molar-refractivity contribution in [3.8, 4) is 0 Å². The highest BCUT2D eigenvalue weighted by Gasteiger charge is 2.13. The standard InChI is InChI=1S/C14H15N5OS/c1-9-11(19-6-4-3-5-13(19)16-9)7-14(20)15-8-12-10(2)17-18-21-12/h3-6H,7-8H2,1-2H3,(H,15,20). The Hall–Kier alpha value is -2.28. The lowest BCUT2D eigenvalue weighted by atomic mass is 10.2. The molecule has 3 aromatic rings. The summed E-state index contributed by atoms with van der Waals surface area (Å²) in [6.45, 7) is 4.28. The molecule has 0 aliphatic carbocycles. The summed E-state index contributed by atoms with van der Waals surface area (Å²) in [5.74, 6) is -0.0310. The number of carbonyl (C=O) groups excluding carboxylic acids is 1. The van der Waals surface area contributed by atoms with Gasteiger partial charge in [-0.15, -0.1) is 5.10 Å². The Bertz CT molecular complexity index is 792. The van der Waals surface area contributed by atoms with E-state index in [4.69, 9.17) is 0 Å². The van der Waals surface area contributed by atoms with Crippen LogP contribution in [0.3, 0.4) is 0 Å². The Morgan fingerprint density at radius 1 is 1.33 bits per heavy atom. The third-order valence-corrected chi connectivity index (χ3v) is 4.17. The maximum atomic E-state index is 12.1. The number of fused-ring (bicyclic) bond motifs is 1. The van der Waals surface area contributed by atoms with Crippen molar-refractivity contribution in [1.82, 2.24) is 24.3 Å². The van der Waals surface area contributed by atoms with Gasteiger partial charge in [-0.3, -0.25) is 4.79 Å². The molecule has 3 heterocycles. The van der Waals surface area contributed by atoms with Crippen molar-refractivity contribution in [2.75, 3.05) is 0 Å². The number of aromatic nitrogens is 4. The molecule has 1 N–H and O–H groups in total. The first-order chi connectivity index (χ1) is 10.1. The Labute approximate surface area is 126 Å². The average Bonchev–Trinajstić information content (AvgIpc) is 3.01. The molecule has 3 rings (SSSR count). The van der Waals surface area contributed by atoms with Crippen LogP contribution < -0.4 is 5.32 Å². The number of hydrogen-bond donors (Lipinski definition) is 1. The van der Waals surface area contributed by atoms with Gasteiger partial charge in [-0.1, -0.05) is 10.6 Å². The van der Waals surface area contributed by atoms with Gasteiger partial charge in [-0.05, 0) is 37.5 Å². The lowest BCUT2D eigenvalue weighted by Crippen LogP contribution is -2.25. The van der Waals surface area contributed by atoms with Crippen molar-refractivity contribution in [3.63, 3.8) is 0 Å². The quantitative estimate of drug-likeness (QED) is 0.795. The van der Waals surface area contributed by atoms with E-state index in [9.17, 15) is 4.79 Å². The summed E-state index contributed by atoms with van der Waals surface area (Å²) in [5.41, 5.74) is 3.53. The second-order valence-electron chi connectivity index (χ2n) is 4.81. The molecule has 0 atom stereocenters. The van der Waals surface area contributed by atoms with Gasteiger partial charge < -0.3 is 9.72 Å². The second-order valence-corrected chi connectivity index (χ2v) is 5.65. The molecule has 0 radical (unpaired) electrons. The van der Waals surface area contributed by atoms with E-state index in [1.807, 2.05) is 42.6 Å². The zero-order valence-corrected chi connectivity index (χ0v) is 12.6. The fourth-order valence-corrected chi connectivity index (χ4v) is 2.76. The van der Waals surface area contributed by atoms with Crippen LogP contribution in [0.4, 0.5) is 0 Å². The molecule has 3 aromatic heterocycles. The lowest BCUT2D eigenvalue weighted by molar-refractivity contribution is -0.120. The van der Waals surface area contributed by atoms with E-state index in [1.165, 1.54) is 11.5 Å². The van der Waals surface area contributed by atoms with Crippen LogP contribution in [0.25, 0.3) is 5.65 Å². The van der Waals surface area contributed by atoms with Gasteiger partial charge in [-0.25, -0.2) is 4.98 Å². The van der Waals surface area contributed by atoms with Crippen molar-refractivity contribution in [2.24, 2.45) is 0 Å². The highest BCUT2D eigenvalue weighted by molar-refractivity contribution is 7.05. The van der Waals surface area contributed by atoms with Gasteiger partial charge in [0.15, 0.2) is 0 Å². The van der Waals surface area contributed by atoms with Crippen LogP contribution in [0.1, 0.15) is 22.0 Å². The molecule has 0 unspecified atom stereocenters. The topological polar surface area (TPSA) is 72.2 Å². The molecular formula is C14H15N5OS. The minimum Gasteiger partial charge on any atom is -0.351 e. The molecule has 21 heavy (non-hydrogen) atoms. The van der Waals surface area contributed by atoms with Crippen molar-refractivity contribution in [2.45, 2.75) is 26.8 Å². The maximum absolute atomic E-state index is 12.1. The number of hydrogen-bond acceptors (Lipinski definition) is 5. The predicted molar refractivity (Wildman–Crippen MR) is 80.1 cm³/mol. The van der Waals surface area contributed by atoms with E-state index in [0.717, 1.165) is 27.6 Å². The van der Waals surface area contributed by atoms with Crippen molar-refractivity contribution in [3.05, 3.63) is 46.4 Å². The molecule has 0 bridgehead atoms. The van der Waals surface area contributed by atoms with Crippen molar-refractivity contribution < 1.29 is 4.79 Å². The number of amides is 1. The van der Waals surface area contributed by atoms with Gasteiger partial charge in [0.1, 0.15) is 5.65 Å². The van der Waals surface area contributed by atoms with E-state index in [1.54, 1.807) is 0 Å². The molecular weight excluding hydrogens is 286 g/mol. The van der Waals surface area contributed by atoms with Crippen LogP contribution in [0.5, 0.6) is 0 Å². The summed E-state index contributed by atoms with van der Waals surface area (Å²) < 4.78 is 5.81. The fourth-order valence-electron chi connectivity index (χ4n) is 2.18. The zero-order chi connectivity index (χ0) is 14.8. The average molecular weight is 301 g/mol. The highest BCUT2D eigenvalue weighted by atomic mass is 32.1. The molecule has 0 aliphatic rings. The summed E-state index contributed by atoms with van der Waals surface area (Å²) in [6, 6.07) is 5.80. The highest BCUT2D eigenvalue weighted by Crippen LogP contribution is 2.13. The molecule has 0 aliphatic heterocycles. The van der Waals surface area contributed by atoms with Crippen LogP contribution >= 0.6 is 11.5 Å². The first kappa shape index (κ1) is 13.7. The minimum atomic E-state index is -0.0310. The smallest absolute Gasteiger partial charge is 0.226 e. The Kier molecular flexibility index (Phi) is 3.66. The molecule has 0 aromatic carbocycles. The monoisotopic (exact) mass is 301 g/mol. The van der Waals surface area contributed by atoms with Gasteiger partial charge in [-0.2, -0.15) is 0 Å². The number of pyridine rings is 1. The summed E-state index contributed by atoms with van der Waals surface area (Å²) in [4.78, 5) is 17.6. The molecule has 7 heteroatoms. The van der Waals surface area contributed by atoms with Crippen molar-refractivity contribution >= 4 is 23.1 Å². The van der Waals surface area contributed by atoms with Gasteiger partial charge >= 0.3 is 0 Å². The molecule has 0 spiro atoms. The third kappa shape index (κ3) is 2.78. The van der Waals surface area contributed by atoms with Crippen LogP contribution in [0, 0.1) is 13.8 Å². The summed E-state index contributed by atoms with van der Waals surface area (Å²) >= 11 is 1.31. The summed E-state index contributed by atoms with van der Waals surface area (Å²) in [7, 11) is 0. The van der Waals surface area contributed by atoms with Gasteiger partial charge in [0.2, 0.25) is 5.91 Å². The third-order valence-electron chi connectivity index (χ3n) is 3.35. The Morgan fingerprint density at radius 3 is 2.95 bits per heavy atom. The second kappa shape index (κ2) is 5.61. The molecule has 0 fully saturated rings. The van der Waals surface area contributed by atoms with Crippen LogP contribution in [0.15, 0.2) is 24.4 Å². The molecule has 108 valence electrons. The van der Waals surface area contributed by atoms with E-state index >= 15 is 0 Å². The number of carbonyl (C=O) groups is 1. The van der Waals surface area contributed by atoms with Gasteiger partial charge in [0, 0.05) is 6.20 Å². The van der Waals surface area contributed by atoms with Crippen LogP contribution in [0.2, 0.25) is 0 Å². The molecule has 0 saturated carbocycles. The molecule has 0 saturated heterocycles. The SMILES string of the molecule is Cc1nnsc1CNC(=O)Cc1c(C)nc2ccccn12. The number of nitrogens with one attached hydrogen (secondary N) is 1. The number of aryl methyl sites for hydroxylation is 2. The normalized spacial score (nSPS) is 11.0. The summed E-state index contributed by atoms with van der Waals surface area (Å²) in [5, 5.41) is 6.83. The fraction of sp³-hybridized carbons (Fsp3) is 0.286. The van der Waals surface area contributed by atoms with Gasteiger partial charge in [0.05, 0.1) is 34.9 Å². The predicted octanol–water partition coefficient (Wildman–Crippen LogP) is 1.66. The molecule has 6 nitrogen and oxygen atoms in total. The first-order valence-corrected chi connectivity index (χ1v) is 7.39. The minimum absolute atomic E-state index is 0.0310. The number of imidazole rings is 1. The molecule has 1 amide bonds. The Balaban J connectivity index is 1.72.